The number of nitrogens with zero attached hydrogens (tertiary/aromatic N) is 3. The van der Waals surface area contributed by atoms with E-state index in [1.165, 1.54) is 12.1 Å². The second-order valence-electron chi connectivity index (χ2n) is 6.78. The molecule has 3 heterocycles. The number of para-hydroxylation sites is 1. The third-order valence-electron chi connectivity index (χ3n) is 4.81. The molecule has 0 fully saturated rings. The first kappa shape index (κ1) is 18.8. The highest BCUT2D eigenvalue weighted by Gasteiger charge is 2.27. The summed E-state index contributed by atoms with van der Waals surface area (Å²) in [4.78, 5) is 34.0. The molecule has 4 rings (SSSR count). The zero-order valence-corrected chi connectivity index (χ0v) is 15.7. The number of anilines is 1. The fourth-order valence-electron chi connectivity index (χ4n) is 3.39. The largest absolute Gasteiger partial charge is 0.344 e. The highest BCUT2D eigenvalue weighted by Crippen LogP contribution is 2.23. The molecule has 0 bridgehead atoms. The lowest BCUT2D eigenvalue weighted by atomic mass is 10.1. The fraction of sp³-hybridized carbons (Fsp3) is 0.238. The number of imidazole rings is 1. The Labute approximate surface area is 167 Å². The number of carbonyl (C=O) groups excluding carboxylic acids is 2. The van der Waals surface area contributed by atoms with Crippen molar-refractivity contribution >= 4 is 17.5 Å². The van der Waals surface area contributed by atoms with Crippen LogP contribution in [0.1, 0.15) is 45.3 Å². The average Bonchev–Trinajstić information content (AvgIpc) is 3.14. The number of nitrogens with one attached hydrogen (secondary N) is 2. The molecule has 29 heavy (non-hydrogen) atoms. The van der Waals surface area contributed by atoms with E-state index in [2.05, 4.69) is 20.6 Å². The summed E-state index contributed by atoms with van der Waals surface area (Å²) >= 11 is 0. The maximum absolute atomic E-state index is 13.9. The van der Waals surface area contributed by atoms with Gasteiger partial charge in [-0.15, -0.1) is 0 Å². The van der Waals surface area contributed by atoms with Crippen LogP contribution < -0.4 is 10.6 Å². The van der Waals surface area contributed by atoms with E-state index in [0.29, 0.717) is 18.7 Å². The van der Waals surface area contributed by atoms with Gasteiger partial charge in [-0.05, 0) is 43.5 Å². The van der Waals surface area contributed by atoms with Crippen LogP contribution >= 0.6 is 0 Å². The predicted molar refractivity (Wildman–Crippen MR) is 105 cm³/mol. The number of fused-ring (bicyclic) bond motifs is 1. The van der Waals surface area contributed by atoms with E-state index in [9.17, 15) is 14.0 Å². The van der Waals surface area contributed by atoms with Crippen molar-refractivity contribution in [1.82, 2.24) is 19.9 Å². The minimum absolute atomic E-state index is 0.0798. The fourth-order valence-corrected chi connectivity index (χ4v) is 3.39. The number of aromatic nitrogens is 3. The standard InChI is InChI=1S/C21H20FN5O2/c22-15-8-1-2-9-16(15)25-20(28)18-17-10-4-6-12-27(17)19(26-18)21(29)24-13-14-7-3-5-11-23-14/h1-3,5,7-9,11H,4,6,10,12-13H2,(H,24,29)(H,25,28). The van der Waals surface area contributed by atoms with Gasteiger partial charge in [0.1, 0.15) is 5.82 Å². The van der Waals surface area contributed by atoms with Gasteiger partial charge in [0.15, 0.2) is 11.5 Å². The predicted octanol–water partition coefficient (Wildman–Crippen LogP) is 2.94. The molecule has 148 valence electrons. The van der Waals surface area contributed by atoms with Crippen LogP contribution in [0.5, 0.6) is 0 Å². The summed E-state index contributed by atoms with van der Waals surface area (Å²) in [7, 11) is 0. The van der Waals surface area contributed by atoms with Crippen molar-refractivity contribution in [2.45, 2.75) is 32.4 Å². The molecule has 0 saturated carbocycles. The van der Waals surface area contributed by atoms with E-state index in [1.807, 2.05) is 12.1 Å². The molecule has 2 amide bonds. The van der Waals surface area contributed by atoms with Gasteiger partial charge in [-0.1, -0.05) is 18.2 Å². The van der Waals surface area contributed by atoms with E-state index in [4.69, 9.17) is 0 Å². The molecule has 1 aliphatic heterocycles. The highest BCUT2D eigenvalue weighted by molar-refractivity contribution is 6.05. The molecular formula is C21H20FN5O2. The number of amides is 2. The molecule has 2 N–H and O–H groups in total. The van der Waals surface area contributed by atoms with Crippen molar-refractivity contribution in [2.75, 3.05) is 5.32 Å². The zero-order valence-electron chi connectivity index (χ0n) is 15.7. The Balaban J connectivity index is 1.57. The van der Waals surface area contributed by atoms with Gasteiger partial charge in [0.05, 0.1) is 23.6 Å². The topological polar surface area (TPSA) is 88.9 Å². The van der Waals surface area contributed by atoms with Crippen LogP contribution in [0.2, 0.25) is 0 Å². The Morgan fingerprint density at radius 2 is 1.90 bits per heavy atom. The molecule has 8 heteroatoms. The van der Waals surface area contributed by atoms with E-state index in [1.54, 1.807) is 29.0 Å². The number of hydrogen-bond acceptors (Lipinski definition) is 4. The summed E-state index contributed by atoms with van der Waals surface area (Å²) in [5.41, 5.74) is 1.67. The van der Waals surface area contributed by atoms with E-state index in [0.717, 1.165) is 18.5 Å². The number of benzene rings is 1. The molecule has 2 aromatic heterocycles. The van der Waals surface area contributed by atoms with Gasteiger partial charge in [0.25, 0.3) is 11.8 Å². The van der Waals surface area contributed by atoms with Crippen molar-refractivity contribution in [3.63, 3.8) is 0 Å². The monoisotopic (exact) mass is 393 g/mol. The Bertz CT molecular complexity index is 1050. The van der Waals surface area contributed by atoms with Crippen molar-refractivity contribution in [1.29, 1.82) is 0 Å². The molecule has 0 saturated heterocycles. The van der Waals surface area contributed by atoms with Gasteiger partial charge in [-0.25, -0.2) is 9.37 Å². The van der Waals surface area contributed by atoms with Crippen molar-refractivity contribution in [2.24, 2.45) is 0 Å². The van der Waals surface area contributed by atoms with Gasteiger partial charge in [-0.3, -0.25) is 14.6 Å². The molecule has 7 nitrogen and oxygen atoms in total. The van der Waals surface area contributed by atoms with E-state index >= 15 is 0 Å². The molecule has 0 atom stereocenters. The van der Waals surface area contributed by atoms with Crippen LogP contribution in [0.3, 0.4) is 0 Å². The lowest BCUT2D eigenvalue weighted by molar-refractivity contribution is 0.0934. The number of pyridine rings is 1. The van der Waals surface area contributed by atoms with Gasteiger partial charge in [0, 0.05) is 12.7 Å². The summed E-state index contributed by atoms with van der Waals surface area (Å²) in [5.74, 6) is -1.23. The molecule has 1 aliphatic rings. The number of carbonyl (C=O) groups is 2. The Morgan fingerprint density at radius 1 is 1.07 bits per heavy atom. The van der Waals surface area contributed by atoms with Crippen molar-refractivity contribution in [3.05, 3.63) is 77.4 Å². The third-order valence-corrected chi connectivity index (χ3v) is 4.81. The molecule has 0 radical (unpaired) electrons. The van der Waals surface area contributed by atoms with E-state index < -0.39 is 11.7 Å². The average molecular weight is 393 g/mol. The molecular weight excluding hydrogens is 373 g/mol. The van der Waals surface area contributed by atoms with Gasteiger partial charge in [-0.2, -0.15) is 0 Å². The summed E-state index contributed by atoms with van der Waals surface area (Å²) in [6.07, 6.45) is 4.10. The Hall–Kier alpha value is -3.55. The van der Waals surface area contributed by atoms with Crippen LogP contribution in [-0.4, -0.2) is 26.3 Å². The maximum atomic E-state index is 13.9. The molecule has 1 aromatic carbocycles. The van der Waals surface area contributed by atoms with Crippen LogP contribution in [0, 0.1) is 5.82 Å². The lowest BCUT2D eigenvalue weighted by Gasteiger charge is -2.17. The zero-order chi connectivity index (χ0) is 20.2. The maximum Gasteiger partial charge on any atom is 0.287 e. The minimum Gasteiger partial charge on any atom is -0.344 e. The normalized spacial score (nSPS) is 12.9. The first-order chi connectivity index (χ1) is 14.1. The van der Waals surface area contributed by atoms with Crippen molar-refractivity contribution < 1.29 is 14.0 Å². The quantitative estimate of drug-likeness (QED) is 0.698. The summed E-state index contributed by atoms with van der Waals surface area (Å²) < 4.78 is 15.7. The Kier molecular flexibility index (Phi) is 5.33. The first-order valence-corrected chi connectivity index (χ1v) is 9.47. The summed E-state index contributed by atoms with van der Waals surface area (Å²) in [6, 6.07) is 11.4. The van der Waals surface area contributed by atoms with E-state index in [-0.39, 0.29) is 29.7 Å². The smallest absolute Gasteiger partial charge is 0.287 e. The second kappa shape index (κ2) is 8.22. The molecule has 0 unspecified atom stereocenters. The van der Waals surface area contributed by atoms with Crippen molar-refractivity contribution in [3.8, 4) is 0 Å². The van der Waals surface area contributed by atoms with Crippen LogP contribution in [-0.2, 0) is 19.5 Å². The number of halogens is 1. The second-order valence-corrected chi connectivity index (χ2v) is 6.78. The highest BCUT2D eigenvalue weighted by atomic mass is 19.1. The third kappa shape index (κ3) is 4.01. The Morgan fingerprint density at radius 3 is 2.69 bits per heavy atom. The van der Waals surface area contributed by atoms with Crippen LogP contribution in [0.15, 0.2) is 48.7 Å². The summed E-state index contributed by atoms with van der Waals surface area (Å²) in [6.45, 7) is 0.875. The molecule has 0 spiro atoms. The van der Waals surface area contributed by atoms with Gasteiger partial charge >= 0.3 is 0 Å². The number of hydrogen-bond donors (Lipinski definition) is 2. The first-order valence-electron chi connectivity index (χ1n) is 9.47. The minimum atomic E-state index is -0.526. The van der Waals surface area contributed by atoms with Crippen LogP contribution in [0.25, 0.3) is 0 Å². The summed E-state index contributed by atoms with van der Waals surface area (Å²) in [5, 5.41) is 5.36. The SMILES string of the molecule is O=C(Nc1ccccc1F)c1nc(C(=O)NCc2ccccn2)n2c1CCCC2. The van der Waals surface area contributed by atoms with Gasteiger partial charge < -0.3 is 15.2 Å². The lowest BCUT2D eigenvalue weighted by Crippen LogP contribution is -2.27. The van der Waals surface area contributed by atoms with Gasteiger partial charge in [0.2, 0.25) is 0 Å². The van der Waals surface area contributed by atoms with Crippen LogP contribution in [0.4, 0.5) is 10.1 Å². The molecule has 3 aromatic rings. The number of rotatable bonds is 5. The molecule has 0 aliphatic carbocycles.